The van der Waals surface area contributed by atoms with Gasteiger partial charge < -0.3 is 5.11 Å². The van der Waals surface area contributed by atoms with Crippen LogP contribution >= 0.6 is 339 Å². The molecule has 4 aromatic rings. The summed E-state index contributed by atoms with van der Waals surface area (Å²) < 4.78 is 18.6. The van der Waals surface area contributed by atoms with Gasteiger partial charge in [-0.3, -0.25) is 0 Å². The minimum atomic E-state index is 0.277. The second kappa shape index (κ2) is 17.0. The molecule has 0 aliphatic rings. The molecule has 40 heavy (non-hydrogen) atoms. The van der Waals surface area contributed by atoms with E-state index in [0.717, 1.165) is 11.1 Å². The highest BCUT2D eigenvalue weighted by Crippen LogP contribution is 2.53. The fourth-order valence-electron chi connectivity index (χ4n) is 3.80. The van der Waals surface area contributed by atoms with Gasteiger partial charge in [-0.2, -0.15) is 0 Å². The van der Waals surface area contributed by atoms with Crippen molar-refractivity contribution in [1.29, 1.82) is 0 Å². The van der Waals surface area contributed by atoms with E-state index in [4.69, 9.17) is 0 Å². The Bertz CT molecular complexity index is 1590. The lowest BCUT2D eigenvalue weighted by Gasteiger charge is -2.25. The van der Waals surface area contributed by atoms with Gasteiger partial charge in [0.1, 0.15) is 5.75 Å². The highest BCUT2D eigenvalue weighted by Gasteiger charge is 2.30. The number of rotatable bonds is 3. The van der Waals surface area contributed by atoms with Gasteiger partial charge in [0.2, 0.25) is 0 Å². The Hall–Kier alpha value is 7.63. The van der Waals surface area contributed by atoms with Crippen molar-refractivity contribution in [3.05, 3.63) is 65.7 Å². The summed E-state index contributed by atoms with van der Waals surface area (Å²) in [6.07, 6.45) is 0. The fourth-order valence-corrected chi connectivity index (χ4v) is 19.8. The van der Waals surface area contributed by atoms with Crippen molar-refractivity contribution >= 4 is 339 Å². The van der Waals surface area contributed by atoms with Crippen molar-refractivity contribution in [2.45, 2.75) is 0 Å². The molecule has 0 spiro atoms. The van der Waals surface area contributed by atoms with Gasteiger partial charge >= 0.3 is 0 Å². The third-order valence-electron chi connectivity index (χ3n) is 5.54. The van der Waals surface area contributed by atoms with Crippen LogP contribution in [0, 0.1) is 53.6 Å². The standard InChI is InChI=1S/C24H3I15O/c25-10-7(11(26)17(32)22(37)16(10)31)4-1-3(40)2-5(8-12(27)18(33)23(38)19(34)13(8)28)6(4)9-14(29)20(35)24(39)21(36)15(9)30/h1-2,40H. The molecule has 0 heterocycles. The molecule has 0 saturated heterocycles. The van der Waals surface area contributed by atoms with E-state index in [9.17, 15) is 5.11 Å². The predicted octanol–water partition coefficient (Wildman–Crippen LogP) is 15.5. The van der Waals surface area contributed by atoms with Crippen LogP contribution in [-0.2, 0) is 0 Å². The van der Waals surface area contributed by atoms with Crippen molar-refractivity contribution < 1.29 is 5.11 Å². The molecule has 4 rings (SSSR count). The topological polar surface area (TPSA) is 20.2 Å². The number of hydrogen-bond donors (Lipinski definition) is 1. The van der Waals surface area contributed by atoms with E-state index in [1.807, 2.05) is 12.1 Å². The molecule has 0 fully saturated rings. The van der Waals surface area contributed by atoms with Gasteiger partial charge in [0.05, 0.1) is 0 Å². The number of aromatic hydroxyl groups is 1. The Kier molecular flexibility index (Phi) is 17.1. The second-order valence-corrected chi connectivity index (χ2v) is 23.9. The number of benzene rings is 4. The molecule has 0 unspecified atom stereocenters. The van der Waals surface area contributed by atoms with Gasteiger partial charge in [0.15, 0.2) is 0 Å². The summed E-state index contributed by atoms with van der Waals surface area (Å²) in [7, 11) is 0. The van der Waals surface area contributed by atoms with Crippen LogP contribution in [0.25, 0.3) is 33.4 Å². The summed E-state index contributed by atoms with van der Waals surface area (Å²) in [5, 5.41) is 11.4. The Morgan fingerprint density at radius 2 is 0.475 bits per heavy atom. The van der Waals surface area contributed by atoms with E-state index in [1.54, 1.807) is 0 Å². The quantitative estimate of drug-likeness (QED) is 0.123. The maximum absolute atomic E-state index is 11.4. The zero-order valence-corrected chi connectivity index (χ0v) is 50.6. The lowest BCUT2D eigenvalue weighted by Crippen LogP contribution is -2.07. The SMILES string of the molecule is Oc1cc(-c2c(I)c(I)c(I)c(I)c2I)c(-c2c(I)c(I)c(I)c(I)c2I)c(-c2c(I)c(I)c(I)c(I)c2I)c1. The smallest absolute Gasteiger partial charge is 0.116 e. The van der Waals surface area contributed by atoms with Crippen molar-refractivity contribution in [2.24, 2.45) is 0 Å². The van der Waals surface area contributed by atoms with Crippen LogP contribution in [-0.4, -0.2) is 5.11 Å². The Morgan fingerprint density at radius 1 is 0.275 bits per heavy atom. The maximum Gasteiger partial charge on any atom is 0.116 e. The van der Waals surface area contributed by atoms with E-state index in [2.05, 4.69) is 339 Å². The van der Waals surface area contributed by atoms with E-state index in [-0.39, 0.29) is 5.75 Å². The van der Waals surface area contributed by atoms with Crippen molar-refractivity contribution in [2.75, 3.05) is 0 Å². The maximum atomic E-state index is 11.4. The van der Waals surface area contributed by atoms with E-state index in [1.165, 1.54) is 75.8 Å². The highest BCUT2D eigenvalue weighted by atomic mass is 127. The number of phenolic OH excluding ortho intramolecular Hbond substituents is 1. The molecule has 0 atom stereocenters. The zero-order chi connectivity index (χ0) is 30.1. The van der Waals surface area contributed by atoms with Crippen LogP contribution in [0.4, 0.5) is 0 Å². The summed E-state index contributed by atoms with van der Waals surface area (Å²) in [5.41, 5.74) is 6.89. The first-order valence-corrected chi connectivity index (χ1v) is 26.1. The van der Waals surface area contributed by atoms with E-state index >= 15 is 0 Å². The predicted molar refractivity (Wildman–Crippen MR) is 295 cm³/mol. The first kappa shape index (κ1) is 40.4. The van der Waals surface area contributed by atoms with Gasteiger partial charge in [-0.1, -0.05) is 0 Å². The second-order valence-electron chi connectivity index (χ2n) is 7.75. The molecule has 0 saturated carbocycles. The van der Waals surface area contributed by atoms with Crippen LogP contribution in [0.1, 0.15) is 0 Å². The van der Waals surface area contributed by atoms with Crippen LogP contribution in [0.3, 0.4) is 0 Å². The van der Waals surface area contributed by atoms with Gasteiger partial charge in [-0.25, -0.2) is 0 Å². The molecular weight excluding hydrogens is 2210 g/mol. The summed E-state index contributed by atoms with van der Waals surface area (Å²) in [6.45, 7) is 0. The van der Waals surface area contributed by atoms with E-state index < -0.39 is 0 Å². The summed E-state index contributed by atoms with van der Waals surface area (Å²) in [5.74, 6) is 0.277. The van der Waals surface area contributed by atoms with Crippen LogP contribution in [0.5, 0.6) is 5.75 Å². The Labute approximate surface area is 436 Å². The normalized spacial score (nSPS) is 11.5. The average molecular weight is 2210 g/mol. The summed E-state index contributed by atoms with van der Waals surface area (Å²) in [6, 6.07) is 3.95. The Balaban J connectivity index is 2.39. The fraction of sp³-hybridized carbons (Fsp3) is 0. The largest absolute Gasteiger partial charge is 0.508 e. The molecule has 0 aromatic heterocycles. The van der Waals surface area contributed by atoms with Crippen molar-refractivity contribution in [3.8, 4) is 39.1 Å². The minimum Gasteiger partial charge on any atom is -0.508 e. The molecule has 0 aliphatic heterocycles. The number of halogens is 15. The Morgan fingerprint density at radius 3 is 0.725 bits per heavy atom. The molecule has 0 aliphatic carbocycles. The van der Waals surface area contributed by atoms with Gasteiger partial charge in [0.25, 0.3) is 0 Å². The molecule has 0 bridgehead atoms. The monoisotopic (exact) mass is 2210 g/mol. The third-order valence-corrected chi connectivity index (χ3v) is 34.1. The lowest BCUT2D eigenvalue weighted by molar-refractivity contribution is 0.476. The number of hydrogen-bond acceptors (Lipinski definition) is 1. The highest BCUT2D eigenvalue weighted by molar-refractivity contribution is 14.1. The number of phenols is 1. The van der Waals surface area contributed by atoms with Gasteiger partial charge in [-0.15, -0.1) is 0 Å². The lowest BCUT2D eigenvalue weighted by atomic mass is 9.87. The molecule has 1 N–H and O–H groups in total. The first-order chi connectivity index (χ1) is 18.5. The van der Waals surface area contributed by atoms with Crippen LogP contribution in [0.2, 0.25) is 0 Å². The molecule has 210 valence electrons. The molecule has 16 heteroatoms. The van der Waals surface area contributed by atoms with Crippen molar-refractivity contribution in [1.82, 2.24) is 0 Å². The summed E-state index contributed by atoms with van der Waals surface area (Å²) >= 11 is 37.3. The third kappa shape index (κ3) is 7.85. The molecule has 4 aromatic carbocycles. The van der Waals surface area contributed by atoms with Crippen molar-refractivity contribution in [3.63, 3.8) is 0 Å². The average Bonchev–Trinajstić information content (AvgIpc) is 2.92. The van der Waals surface area contributed by atoms with Gasteiger partial charge in [0, 0.05) is 70.2 Å². The van der Waals surface area contributed by atoms with Crippen LogP contribution < -0.4 is 0 Å². The first-order valence-electron chi connectivity index (χ1n) is 9.96. The summed E-state index contributed by atoms with van der Waals surface area (Å²) in [4.78, 5) is 0. The van der Waals surface area contributed by atoms with Gasteiger partial charge in [-0.05, 0) is 368 Å². The van der Waals surface area contributed by atoms with Crippen LogP contribution in [0.15, 0.2) is 12.1 Å². The zero-order valence-electron chi connectivity index (χ0n) is 18.3. The van der Waals surface area contributed by atoms with E-state index in [0.29, 0.717) is 0 Å². The molecular formula is C24H3I15O. The minimum absolute atomic E-state index is 0.277. The molecule has 1 nitrogen and oxygen atoms in total. The molecule has 0 amide bonds. The molecule has 0 radical (unpaired) electrons.